The first-order chi connectivity index (χ1) is 10.4. The van der Waals surface area contributed by atoms with Gasteiger partial charge in [0.1, 0.15) is 5.82 Å². The molecule has 4 unspecified atom stereocenters. The molecule has 0 saturated carbocycles. The van der Waals surface area contributed by atoms with Gasteiger partial charge < -0.3 is 10.4 Å². The quantitative estimate of drug-likeness (QED) is 0.877. The lowest BCUT2D eigenvalue weighted by Crippen LogP contribution is -2.49. The number of carbonyl (C=O) groups excluding carboxylic acids is 1. The van der Waals surface area contributed by atoms with Gasteiger partial charge in [-0.05, 0) is 51.3 Å². The third-order valence-corrected chi connectivity index (χ3v) is 4.57. The molecular weight excluding hydrogens is 283 g/mol. The van der Waals surface area contributed by atoms with Crippen LogP contribution in [0.2, 0.25) is 0 Å². The molecule has 1 heterocycles. The Morgan fingerprint density at radius 1 is 1.32 bits per heavy atom. The normalized spacial score (nSPS) is 25.0. The number of aliphatic hydroxyl groups excluding tert-OH is 1. The smallest absolute Gasteiger partial charge is 0.237 e. The highest BCUT2D eigenvalue weighted by Gasteiger charge is 2.34. The molecule has 22 heavy (non-hydrogen) atoms. The molecule has 2 rings (SSSR count). The average Bonchev–Trinajstić information content (AvgIpc) is 2.83. The molecule has 1 saturated heterocycles. The van der Waals surface area contributed by atoms with Gasteiger partial charge in [-0.15, -0.1) is 0 Å². The van der Waals surface area contributed by atoms with Crippen molar-refractivity contribution in [3.8, 4) is 0 Å². The van der Waals surface area contributed by atoms with Crippen LogP contribution < -0.4 is 5.32 Å². The molecule has 0 bridgehead atoms. The third-order valence-electron chi connectivity index (χ3n) is 4.57. The van der Waals surface area contributed by atoms with Crippen LogP contribution in [-0.4, -0.2) is 40.6 Å². The molecule has 2 N–H and O–H groups in total. The number of nitrogens with one attached hydrogen (secondary N) is 1. The standard InChI is InChI=1S/C17H25FN2O2/c1-11-4-5-12(2)20(11)13(3)17(22)19-10-16(21)14-6-8-15(18)9-7-14/h6-9,11-13,16,21H,4-5,10H2,1-3H3,(H,19,22). The molecule has 5 heteroatoms. The van der Waals surface area contributed by atoms with Gasteiger partial charge >= 0.3 is 0 Å². The Kier molecular flexibility index (Phi) is 5.53. The van der Waals surface area contributed by atoms with E-state index < -0.39 is 6.10 Å². The van der Waals surface area contributed by atoms with E-state index in [4.69, 9.17) is 0 Å². The SMILES string of the molecule is CC1CCC(C)N1C(C)C(=O)NCC(O)c1ccc(F)cc1. The molecule has 122 valence electrons. The molecule has 1 aliphatic heterocycles. The zero-order chi connectivity index (χ0) is 16.3. The molecule has 0 radical (unpaired) electrons. The van der Waals surface area contributed by atoms with Gasteiger partial charge in [0.25, 0.3) is 0 Å². The first kappa shape index (κ1) is 16.9. The molecule has 0 spiro atoms. The number of amides is 1. The van der Waals surface area contributed by atoms with Crippen molar-refractivity contribution in [2.75, 3.05) is 6.54 Å². The fourth-order valence-electron chi connectivity index (χ4n) is 3.26. The summed E-state index contributed by atoms with van der Waals surface area (Å²) < 4.78 is 12.9. The minimum absolute atomic E-state index is 0.0817. The number of halogens is 1. The van der Waals surface area contributed by atoms with Crippen LogP contribution in [0.15, 0.2) is 24.3 Å². The van der Waals surface area contributed by atoms with E-state index >= 15 is 0 Å². The number of rotatable bonds is 5. The van der Waals surface area contributed by atoms with Gasteiger partial charge in [0.05, 0.1) is 12.1 Å². The van der Waals surface area contributed by atoms with Crippen LogP contribution in [0.5, 0.6) is 0 Å². The van der Waals surface area contributed by atoms with Crippen molar-refractivity contribution in [3.05, 3.63) is 35.6 Å². The molecule has 1 aliphatic rings. The molecule has 4 nitrogen and oxygen atoms in total. The van der Waals surface area contributed by atoms with E-state index in [1.165, 1.54) is 24.3 Å². The predicted molar refractivity (Wildman–Crippen MR) is 83.8 cm³/mol. The van der Waals surface area contributed by atoms with Crippen molar-refractivity contribution >= 4 is 5.91 Å². The maximum absolute atomic E-state index is 12.9. The first-order valence-electron chi connectivity index (χ1n) is 7.88. The van der Waals surface area contributed by atoms with Crippen molar-refractivity contribution in [1.29, 1.82) is 0 Å². The summed E-state index contributed by atoms with van der Waals surface area (Å²) in [5.74, 6) is -0.424. The molecular formula is C17H25FN2O2. The van der Waals surface area contributed by atoms with Crippen LogP contribution in [0.3, 0.4) is 0 Å². The second kappa shape index (κ2) is 7.20. The van der Waals surface area contributed by atoms with Crippen LogP contribution >= 0.6 is 0 Å². The molecule has 1 aromatic rings. The predicted octanol–water partition coefficient (Wildman–Crippen LogP) is 2.24. The van der Waals surface area contributed by atoms with E-state index in [2.05, 4.69) is 24.1 Å². The summed E-state index contributed by atoms with van der Waals surface area (Å²) in [5.41, 5.74) is 0.595. The number of hydrogen-bond donors (Lipinski definition) is 2. The van der Waals surface area contributed by atoms with Crippen LogP contribution in [0.4, 0.5) is 4.39 Å². The highest BCUT2D eigenvalue weighted by molar-refractivity contribution is 5.81. The maximum atomic E-state index is 12.9. The number of nitrogens with zero attached hydrogens (tertiary/aromatic N) is 1. The second-order valence-corrected chi connectivity index (χ2v) is 6.21. The lowest BCUT2D eigenvalue weighted by atomic mass is 10.1. The number of benzene rings is 1. The van der Waals surface area contributed by atoms with Crippen LogP contribution in [0, 0.1) is 5.82 Å². The molecule has 1 amide bonds. The van der Waals surface area contributed by atoms with Crippen molar-refractivity contribution in [2.45, 2.75) is 57.8 Å². The van der Waals surface area contributed by atoms with Crippen LogP contribution in [0.1, 0.15) is 45.3 Å². The van der Waals surface area contributed by atoms with E-state index in [1.807, 2.05) is 6.92 Å². The van der Waals surface area contributed by atoms with E-state index in [0.717, 1.165) is 12.8 Å². The first-order valence-corrected chi connectivity index (χ1v) is 7.88. The molecule has 4 atom stereocenters. The monoisotopic (exact) mass is 308 g/mol. The van der Waals surface area contributed by atoms with E-state index in [1.54, 1.807) is 0 Å². The maximum Gasteiger partial charge on any atom is 0.237 e. The molecule has 0 aromatic heterocycles. The van der Waals surface area contributed by atoms with Crippen LogP contribution in [0.25, 0.3) is 0 Å². The topological polar surface area (TPSA) is 52.6 Å². The van der Waals surface area contributed by atoms with Crippen molar-refractivity contribution in [3.63, 3.8) is 0 Å². The summed E-state index contributed by atoms with van der Waals surface area (Å²) in [6.07, 6.45) is 1.39. The van der Waals surface area contributed by atoms with E-state index in [0.29, 0.717) is 17.6 Å². The van der Waals surface area contributed by atoms with Crippen molar-refractivity contribution in [1.82, 2.24) is 10.2 Å². The lowest BCUT2D eigenvalue weighted by molar-refractivity contribution is -0.127. The van der Waals surface area contributed by atoms with Gasteiger partial charge in [-0.2, -0.15) is 0 Å². The summed E-state index contributed by atoms with van der Waals surface area (Å²) in [5, 5.41) is 12.8. The van der Waals surface area contributed by atoms with Crippen molar-refractivity contribution in [2.24, 2.45) is 0 Å². The fourth-order valence-corrected chi connectivity index (χ4v) is 3.26. The van der Waals surface area contributed by atoms with E-state index in [9.17, 15) is 14.3 Å². The minimum Gasteiger partial charge on any atom is -0.387 e. The number of hydrogen-bond acceptors (Lipinski definition) is 3. The summed E-state index contributed by atoms with van der Waals surface area (Å²) in [7, 11) is 0. The van der Waals surface area contributed by atoms with E-state index in [-0.39, 0.29) is 24.3 Å². The van der Waals surface area contributed by atoms with Gasteiger partial charge in [-0.3, -0.25) is 9.69 Å². The molecule has 1 fully saturated rings. The summed E-state index contributed by atoms with van der Waals surface area (Å²) in [4.78, 5) is 14.5. The largest absolute Gasteiger partial charge is 0.387 e. The Hall–Kier alpha value is -1.46. The Labute approximate surface area is 131 Å². The van der Waals surface area contributed by atoms with Gasteiger partial charge in [0, 0.05) is 18.6 Å². The number of aliphatic hydroxyl groups is 1. The summed E-state index contributed by atoms with van der Waals surface area (Å²) in [6, 6.07) is 6.25. The molecule has 1 aromatic carbocycles. The Morgan fingerprint density at radius 3 is 2.41 bits per heavy atom. The number of carbonyl (C=O) groups is 1. The molecule has 0 aliphatic carbocycles. The Morgan fingerprint density at radius 2 is 1.86 bits per heavy atom. The minimum atomic E-state index is -0.829. The number of likely N-dealkylation sites (tertiary alicyclic amines) is 1. The highest BCUT2D eigenvalue weighted by Crippen LogP contribution is 2.25. The lowest BCUT2D eigenvalue weighted by Gasteiger charge is -2.31. The average molecular weight is 308 g/mol. The van der Waals surface area contributed by atoms with Gasteiger partial charge in [0.2, 0.25) is 5.91 Å². The van der Waals surface area contributed by atoms with Crippen molar-refractivity contribution < 1.29 is 14.3 Å². The zero-order valence-electron chi connectivity index (χ0n) is 13.4. The summed E-state index contributed by atoms with van der Waals surface area (Å²) >= 11 is 0. The van der Waals surface area contributed by atoms with Crippen LogP contribution in [-0.2, 0) is 4.79 Å². The third kappa shape index (κ3) is 3.84. The van der Waals surface area contributed by atoms with Gasteiger partial charge in [-0.25, -0.2) is 4.39 Å². The summed E-state index contributed by atoms with van der Waals surface area (Å²) in [6.45, 7) is 6.31. The second-order valence-electron chi connectivity index (χ2n) is 6.21. The Bertz CT molecular complexity index is 496. The Balaban J connectivity index is 1.88. The van der Waals surface area contributed by atoms with Gasteiger partial charge in [0.15, 0.2) is 0 Å². The zero-order valence-corrected chi connectivity index (χ0v) is 13.4. The van der Waals surface area contributed by atoms with Gasteiger partial charge in [-0.1, -0.05) is 12.1 Å². The fraction of sp³-hybridized carbons (Fsp3) is 0.588. The highest BCUT2D eigenvalue weighted by atomic mass is 19.1.